The minimum absolute atomic E-state index is 0.0530. The molecule has 0 unspecified atom stereocenters. The summed E-state index contributed by atoms with van der Waals surface area (Å²) in [5, 5.41) is 2.94. The van der Waals surface area contributed by atoms with Crippen molar-refractivity contribution in [2.24, 2.45) is 23.7 Å². The highest BCUT2D eigenvalue weighted by Gasteiger charge is 2.67. The molecule has 7 atom stereocenters. The second-order valence-corrected chi connectivity index (χ2v) is 10.9. The maximum Gasteiger partial charge on any atom is 0.329 e. The number of amides is 3. The lowest BCUT2D eigenvalue weighted by molar-refractivity contribution is -0.159. The van der Waals surface area contributed by atoms with Crippen molar-refractivity contribution in [1.29, 1.82) is 0 Å². The third-order valence-electron chi connectivity index (χ3n) is 6.32. The Morgan fingerprint density at radius 2 is 1.74 bits per heavy atom. The number of imide groups is 1. The first-order valence-corrected chi connectivity index (χ1v) is 12.3. The van der Waals surface area contributed by atoms with Gasteiger partial charge in [0.2, 0.25) is 11.8 Å². The van der Waals surface area contributed by atoms with Gasteiger partial charge in [-0.15, -0.1) is 0 Å². The van der Waals surface area contributed by atoms with Gasteiger partial charge < -0.3 is 10.1 Å². The molecule has 11 heteroatoms. The van der Waals surface area contributed by atoms with Crippen LogP contribution in [-0.4, -0.2) is 50.9 Å². The molecule has 1 saturated heterocycles. The summed E-state index contributed by atoms with van der Waals surface area (Å²) in [5.41, 5.74) is 0.283. The number of nitrogens with one attached hydrogen (secondary N) is 1. The number of fused-ring (bicyclic) bond motifs is 5. The van der Waals surface area contributed by atoms with Gasteiger partial charge in [0.05, 0.1) is 27.6 Å². The maximum absolute atomic E-state index is 13.0. The quantitative estimate of drug-likeness (QED) is 0.318. The number of carbonyl (C=O) groups is 4. The number of halogens is 4. The molecular weight excluding hydrogens is 579 g/mol. The fraction of sp³-hybridized carbons (Fsp3) is 0.500. The van der Waals surface area contributed by atoms with Crippen LogP contribution in [0.4, 0.5) is 5.69 Å². The molecule has 31 heavy (non-hydrogen) atoms. The Morgan fingerprint density at radius 1 is 1.16 bits per heavy atom. The summed E-state index contributed by atoms with van der Waals surface area (Å²) in [6, 6.07) is 3.62. The van der Waals surface area contributed by atoms with E-state index in [0.29, 0.717) is 0 Å². The highest BCUT2D eigenvalue weighted by molar-refractivity contribution is 9.12. The molecule has 1 aromatic carbocycles. The number of ether oxygens (including phenoxy) is 1. The van der Waals surface area contributed by atoms with Gasteiger partial charge in [0.15, 0.2) is 6.61 Å². The molecule has 2 bridgehead atoms. The van der Waals surface area contributed by atoms with Crippen molar-refractivity contribution >= 4 is 84.4 Å². The van der Waals surface area contributed by atoms with Gasteiger partial charge in [-0.3, -0.25) is 19.3 Å². The zero-order valence-electron chi connectivity index (χ0n) is 16.2. The van der Waals surface area contributed by atoms with Crippen molar-refractivity contribution in [2.75, 3.05) is 11.9 Å². The molecule has 1 aliphatic heterocycles. The van der Waals surface area contributed by atoms with Crippen LogP contribution in [0.2, 0.25) is 10.0 Å². The van der Waals surface area contributed by atoms with Crippen molar-refractivity contribution < 1.29 is 23.9 Å². The van der Waals surface area contributed by atoms with E-state index in [1.54, 1.807) is 18.2 Å². The van der Waals surface area contributed by atoms with E-state index in [9.17, 15) is 19.2 Å². The van der Waals surface area contributed by atoms with Crippen LogP contribution in [0.5, 0.6) is 0 Å². The summed E-state index contributed by atoms with van der Waals surface area (Å²) in [6.07, 6.45) is 0.803. The molecule has 3 fully saturated rings. The zero-order valence-corrected chi connectivity index (χ0v) is 20.9. The van der Waals surface area contributed by atoms with Crippen LogP contribution in [0.3, 0.4) is 0 Å². The van der Waals surface area contributed by atoms with Gasteiger partial charge in [0.25, 0.3) is 5.91 Å². The van der Waals surface area contributed by atoms with Gasteiger partial charge in [0, 0.05) is 9.65 Å². The van der Waals surface area contributed by atoms with Gasteiger partial charge in [-0.05, 0) is 37.3 Å². The van der Waals surface area contributed by atoms with Crippen LogP contribution in [0.15, 0.2) is 18.2 Å². The average Bonchev–Trinajstić information content (AvgIpc) is 3.34. The minimum Gasteiger partial charge on any atom is -0.454 e. The molecule has 0 spiro atoms. The Kier molecular flexibility index (Phi) is 6.42. The molecule has 0 aromatic heterocycles. The van der Waals surface area contributed by atoms with E-state index in [1.807, 2.05) is 0 Å². The Bertz CT molecular complexity index is 945. The molecule has 0 radical (unpaired) electrons. The van der Waals surface area contributed by atoms with Crippen LogP contribution >= 0.6 is 55.1 Å². The lowest BCUT2D eigenvalue weighted by Crippen LogP contribution is -2.45. The van der Waals surface area contributed by atoms with Crippen molar-refractivity contribution in [3.8, 4) is 0 Å². The van der Waals surface area contributed by atoms with E-state index in [0.717, 1.165) is 11.3 Å². The molecule has 3 aliphatic rings. The number of likely N-dealkylation sites (tertiary alicyclic amines) is 1. The molecule has 2 saturated carbocycles. The largest absolute Gasteiger partial charge is 0.454 e. The molecule has 166 valence electrons. The first-order chi connectivity index (χ1) is 14.6. The second kappa shape index (κ2) is 8.65. The topological polar surface area (TPSA) is 92.8 Å². The fourth-order valence-corrected chi connectivity index (χ4v) is 7.12. The molecule has 4 rings (SSSR count). The maximum atomic E-state index is 13.0. The van der Waals surface area contributed by atoms with Crippen molar-refractivity contribution in [2.45, 2.75) is 29.0 Å². The summed E-state index contributed by atoms with van der Waals surface area (Å²) in [6.45, 7) is 0.845. The number of carbonyl (C=O) groups excluding carboxylic acids is 4. The predicted molar refractivity (Wildman–Crippen MR) is 121 cm³/mol. The van der Waals surface area contributed by atoms with Gasteiger partial charge in [0.1, 0.15) is 6.04 Å². The minimum atomic E-state index is -1.12. The van der Waals surface area contributed by atoms with Crippen molar-refractivity contribution in [3.05, 3.63) is 28.2 Å². The van der Waals surface area contributed by atoms with E-state index < -0.39 is 36.4 Å². The third kappa shape index (κ3) is 3.81. The zero-order chi connectivity index (χ0) is 22.6. The van der Waals surface area contributed by atoms with E-state index in [-0.39, 0.29) is 49.0 Å². The SMILES string of the molecule is C[C@H](C(=O)OCC(=O)Nc1cccc(Cl)c1Cl)N1C(=O)[C@@H]2[C@H]3C[C@@H]([C@H](Br)[C@H]3Br)[C@H]2C1=O. The number of nitrogens with zero attached hydrogens (tertiary/aromatic N) is 1. The van der Waals surface area contributed by atoms with Crippen LogP contribution in [0.25, 0.3) is 0 Å². The first kappa shape index (κ1) is 23.0. The van der Waals surface area contributed by atoms with E-state index in [2.05, 4.69) is 37.2 Å². The van der Waals surface area contributed by atoms with Crippen molar-refractivity contribution in [1.82, 2.24) is 4.90 Å². The summed E-state index contributed by atoms with van der Waals surface area (Å²) in [5.74, 6) is -2.86. The lowest BCUT2D eigenvalue weighted by atomic mass is 9.81. The summed E-state index contributed by atoms with van der Waals surface area (Å²) < 4.78 is 5.06. The Balaban J connectivity index is 1.38. The van der Waals surface area contributed by atoms with Gasteiger partial charge in [-0.25, -0.2) is 4.79 Å². The van der Waals surface area contributed by atoms with E-state index in [1.165, 1.54) is 6.92 Å². The smallest absolute Gasteiger partial charge is 0.329 e. The number of hydrogen-bond acceptors (Lipinski definition) is 5. The molecule has 3 amide bonds. The first-order valence-electron chi connectivity index (χ1n) is 9.69. The number of alkyl halides is 2. The normalized spacial score (nSPS) is 32.2. The molecular formula is C20H18Br2Cl2N2O5. The van der Waals surface area contributed by atoms with E-state index in [4.69, 9.17) is 27.9 Å². The summed E-state index contributed by atoms with van der Waals surface area (Å²) in [7, 11) is 0. The molecule has 2 aliphatic carbocycles. The third-order valence-corrected chi connectivity index (χ3v) is 10.3. The molecule has 1 heterocycles. The van der Waals surface area contributed by atoms with Crippen LogP contribution in [0, 0.1) is 23.7 Å². The lowest BCUT2D eigenvalue weighted by Gasteiger charge is -2.28. The van der Waals surface area contributed by atoms with Crippen LogP contribution in [-0.2, 0) is 23.9 Å². The molecule has 7 nitrogen and oxygen atoms in total. The predicted octanol–water partition coefficient (Wildman–Crippen LogP) is 3.64. The monoisotopic (exact) mass is 594 g/mol. The fourth-order valence-electron chi connectivity index (χ4n) is 4.90. The Morgan fingerprint density at radius 3 is 2.32 bits per heavy atom. The van der Waals surface area contributed by atoms with Crippen molar-refractivity contribution in [3.63, 3.8) is 0 Å². The molecule has 1 aromatic rings. The Labute approximate surface area is 205 Å². The van der Waals surface area contributed by atoms with Crippen LogP contribution < -0.4 is 5.32 Å². The number of rotatable bonds is 5. The second-order valence-electron chi connectivity index (χ2n) is 7.98. The summed E-state index contributed by atoms with van der Waals surface area (Å²) >= 11 is 19.2. The number of benzene rings is 1. The highest BCUT2D eigenvalue weighted by atomic mass is 79.9. The number of anilines is 1. The van der Waals surface area contributed by atoms with E-state index >= 15 is 0 Å². The van der Waals surface area contributed by atoms with Crippen LogP contribution in [0.1, 0.15) is 13.3 Å². The summed E-state index contributed by atoms with van der Waals surface area (Å²) in [4.78, 5) is 51.8. The highest BCUT2D eigenvalue weighted by Crippen LogP contribution is 2.60. The standard InChI is InChI=1S/C20H18Br2Cl2N2O5/c1-7(20(30)31-6-12(27)25-11-4-2-3-10(23)17(11)24)26-18(28)13-8-5-9(14(13)19(26)29)16(22)15(8)21/h2-4,7-9,13-16H,5-6H2,1H3,(H,25,27)/t7-,8-,9-,13-,14-,15+,16+/m1/s1. The van der Waals surface area contributed by atoms with Gasteiger partial charge in [-0.2, -0.15) is 0 Å². The number of hydrogen-bond donors (Lipinski definition) is 1. The number of esters is 1. The van der Waals surface area contributed by atoms with Gasteiger partial charge >= 0.3 is 5.97 Å². The Hall–Kier alpha value is -1.16. The average molecular weight is 597 g/mol. The van der Waals surface area contributed by atoms with Gasteiger partial charge in [-0.1, -0.05) is 61.1 Å². The molecule has 1 N–H and O–H groups in total.